The van der Waals surface area contributed by atoms with Gasteiger partial charge in [0.15, 0.2) is 0 Å². The van der Waals surface area contributed by atoms with Gasteiger partial charge < -0.3 is 0 Å². The first-order valence-corrected chi connectivity index (χ1v) is 4.95. The van der Waals surface area contributed by atoms with E-state index in [-0.39, 0.29) is 0 Å². The van der Waals surface area contributed by atoms with Crippen LogP contribution in [0.25, 0.3) is 5.57 Å². The molecule has 1 heteroatoms. The smallest absolute Gasteiger partial charge is 0.0740 e. The zero-order valence-corrected chi connectivity index (χ0v) is 8.61. The minimum Gasteiger partial charge on any atom is -0.256 e. The molecule has 74 valence electrons. The molecule has 0 amide bonds. The molecule has 1 heterocycles. The van der Waals surface area contributed by atoms with Crippen molar-refractivity contribution in [3.05, 3.63) is 72.6 Å². The van der Waals surface area contributed by atoms with Crippen molar-refractivity contribution >= 4 is 5.57 Å². The number of hydrogen-bond acceptors (Lipinski definition) is 1. The maximum atomic E-state index is 4.40. The Morgan fingerprint density at radius 2 is 2.00 bits per heavy atom. The molecule has 0 atom stereocenters. The predicted molar refractivity (Wildman–Crippen MR) is 64.4 cm³/mol. The van der Waals surface area contributed by atoms with Gasteiger partial charge in [-0.2, -0.15) is 0 Å². The molecule has 1 aromatic heterocycles. The number of fused-ring (bicyclic) bond motifs is 1. The van der Waals surface area contributed by atoms with Crippen LogP contribution >= 0.6 is 0 Å². The summed E-state index contributed by atoms with van der Waals surface area (Å²) in [5.74, 6) is 0. The molecular formula is C14H13N. The summed E-state index contributed by atoms with van der Waals surface area (Å²) >= 11 is 0. The summed E-state index contributed by atoms with van der Waals surface area (Å²) in [4.78, 5) is 4.40. The molecule has 0 unspecified atom stereocenters. The average molecular weight is 195 g/mol. The van der Waals surface area contributed by atoms with Crippen molar-refractivity contribution in [1.82, 2.24) is 4.98 Å². The lowest BCUT2D eigenvalue weighted by Gasteiger charge is -1.98. The Labute approximate surface area is 90.2 Å². The maximum absolute atomic E-state index is 4.40. The topological polar surface area (TPSA) is 12.9 Å². The molecule has 0 aromatic carbocycles. The van der Waals surface area contributed by atoms with Crippen molar-refractivity contribution < 1.29 is 0 Å². The van der Waals surface area contributed by atoms with E-state index in [1.807, 2.05) is 30.5 Å². The van der Waals surface area contributed by atoms with Crippen molar-refractivity contribution in [2.75, 3.05) is 0 Å². The number of pyridine rings is 1. The molecule has 1 nitrogen and oxygen atoms in total. The van der Waals surface area contributed by atoms with Crippen molar-refractivity contribution in [1.29, 1.82) is 0 Å². The highest BCUT2D eigenvalue weighted by atomic mass is 14.7. The van der Waals surface area contributed by atoms with Crippen LogP contribution in [0.3, 0.4) is 0 Å². The summed E-state index contributed by atoms with van der Waals surface area (Å²) in [6, 6.07) is 4.09. The molecule has 0 radical (unpaired) electrons. The van der Waals surface area contributed by atoms with Gasteiger partial charge in [-0.05, 0) is 17.2 Å². The van der Waals surface area contributed by atoms with E-state index in [0.717, 1.165) is 12.1 Å². The van der Waals surface area contributed by atoms with E-state index in [0.29, 0.717) is 0 Å². The van der Waals surface area contributed by atoms with Gasteiger partial charge in [-0.15, -0.1) is 0 Å². The SMILES string of the molecule is C=C/C=C1/Cc2cccnc2/C1=C/C=C. The van der Waals surface area contributed by atoms with Gasteiger partial charge >= 0.3 is 0 Å². The average Bonchev–Trinajstić information content (AvgIpc) is 2.59. The second-order valence-electron chi connectivity index (χ2n) is 3.43. The van der Waals surface area contributed by atoms with E-state index in [1.54, 1.807) is 6.08 Å². The third-order valence-electron chi connectivity index (χ3n) is 2.48. The lowest BCUT2D eigenvalue weighted by atomic mass is 10.1. The highest BCUT2D eigenvalue weighted by Gasteiger charge is 2.20. The Kier molecular flexibility index (Phi) is 2.64. The van der Waals surface area contributed by atoms with E-state index < -0.39 is 0 Å². The molecule has 0 saturated heterocycles. The molecule has 1 aliphatic carbocycles. The van der Waals surface area contributed by atoms with Gasteiger partial charge in [0.05, 0.1) is 5.69 Å². The fourth-order valence-electron chi connectivity index (χ4n) is 1.87. The van der Waals surface area contributed by atoms with Crippen molar-refractivity contribution in [3.8, 4) is 0 Å². The van der Waals surface area contributed by atoms with Crippen LogP contribution in [0.4, 0.5) is 0 Å². The van der Waals surface area contributed by atoms with Gasteiger partial charge in [0.1, 0.15) is 0 Å². The molecule has 0 saturated carbocycles. The van der Waals surface area contributed by atoms with Crippen molar-refractivity contribution in [3.63, 3.8) is 0 Å². The Hall–Kier alpha value is -1.89. The molecule has 1 aliphatic rings. The minimum absolute atomic E-state index is 0.939. The molecule has 1 aromatic rings. The van der Waals surface area contributed by atoms with Crippen LogP contribution in [-0.4, -0.2) is 4.98 Å². The monoisotopic (exact) mass is 195 g/mol. The molecule has 0 aliphatic heterocycles. The first kappa shape index (κ1) is 9.66. The van der Waals surface area contributed by atoms with E-state index in [1.165, 1.54) is 16.7 Å². The number of aromatic nitrogens is 1. The number of hydrogen-bond donors (Lipinski definition) is 0. The summed E-state index contributed by atoms with van der Waals surface area (Å²) in [5.41, 5.74) is 4.78. The summed E-state index contributed by atoms with van der Waals surface area (Å²) in [5, 5.41) is 0. The van der Waals surface area contributed by atoms with Gasteiger partial charge in [0.2, 0.25) is 0 Å². The molecular weight excluding hydrogens is 182 g/mol. The van der Waals surface area contributed by atoms with Gasteiger partial charge in [-0.1, -0.05) is 43.5 Å². The van der Waals surface area contributed by atoms with Crippen LogP contribution in [0.1, 0.15) is 11.3 Å². The largest absolute Gasteiger partial charge is 0.256 e. The highest BCUT2D eigenvalue weighted by molar-refractivity contribution is 5.85. The van der Waals surface area contributed by atoms with E-state index in [2.05, 4.69) is 24.2 Å². The lowest BCUT2D eigenvalue weighted by Crippen LogP contribution is -1.84. The second-order valence-corrected chi connectivity index (χ2v) is 3.43. The summed E-state index contributed by atoms with van der Waals surface area (Å²) < 4.78 is 0. The standard InChI is InChI=1S/C14H13N/c1-3-6-11-10-12-8-5-9-15-14(12)13(11)7-4-2/h3-9H,1-2,10H2/b11-6-,13-7+. The summed E-state index contributed by atoms with van der Waals surface area (Å²) in [7, 11) is 0. The summed E-state index contributed by atoms with van der Waals surface area (Å²) in [6.07, 6.45) is 10.4. The number of rotatable bonds is 2. The Morgan fingerprint density at radius 1 is 1.20 bits per heavy atom. The lowest BCUT2D eigenvalue weighted by molar-refractivity contribution is 1.20. The van der Waals surface area contributed by atoms with Crippen LogP contribution in [0, 0.1) is 0 Å². The first-order chi connectivity index (χ1) is 7.36. The minimum atomic E-state index is 0.939. The fourth-order valence-corrected chi connectivity index (χ4v) is 1.87. The predicted octanol–water partition coefficient (Wildman–Crippen LogP) is 3.32. The van der Waals surface area contributed by atoms with Crippen molar-refractivity contribution in [2.24, 2.45) is 0 Å². The molecule has 0 spiro atoms. The van der Waals surface area contributed by atoms with Crippen LogP contribution in [-0.2, 0) is 6.42 Å². The molecule has 0 N–H and O–H groups in total. The molecule has 15 heavy (non-hydrogen) atoms. The van der Waals surface area contributed by atoms with Crippen LogP contribution in [0.15, 0.2) is 61.4 Å². The van der Waals surface area contributed by atoms with E-state index in [9.17, 15) is 0 Å². The van der Waals surface area contributed by atoms with Crippen LogP contribution in [0.2, 0.25) is 0 Å². The zero-order chi connectivity index (χ0) is 10.7. The third kappa shape index (κ3) is 1.68. The zero-order valence-electron chi connectivity index (χ0n) is 8.61. The maximum Gasteiger partial charge on any atom is 0.0740 e. The van der Waals surface area contributed by atoms with Crippen LogP contribution < -0.4 is 0 Å². The van der Waals surface area contributed by atoms with Gasteiger partial charge in [-0.3, -0.25) is 4.98 Å². The number of nitrogens with zero attached hydrogens (tertiary/aromatic N) is 1. The molecule has 2 rings (SSSR count). The van der Waals surface area contributed by atoms with E-state index in [4.69, 9.17) is 0 Å². The Morgan fingerprint density at radius 3 is 2.73 bits per heavy atom. The second kappa shape index (κ2) is 4.09. The van der Waals surface area contributed by atoms with Crippen LogP contribution in [0.5, 0.6) is 0 Å². The number of allylic oxidation sites excluding steroid dienone is 6. The van der Waals surface area contributed by atoms with E-state index >= 15 is 0 Å². The van der Waals surface area contributed by atoms with Crippen molar-refractivity contribution in [2.45, 2.75) is 6.42 Å². The summed E-state index contributed by atoms with van der Waals surface area (Å²) in [6.45, 7) is 7.47. The Bertz CT molecular complexity index is 464. The first-order valence-electron chi connectivity index (χ1n) is 4.95. The Balaban J connectivity index is 2.56. The van der Waals surface area contributed by atoms with Gasteiger partial charge in [-0.25, -0.2) is 0 Å². The van der Waals surface area contributed by atoms with Gasteiger partial charge in [0, 0.05) is 18.2 Å². The molecule has 0 bridgehead atoms. The quantitative estimate of drug-likeness (QED) is 0.705. The normalized spacial score (nSPS) is 19.2. The third-order valence-corrected chi connectivity index (χ3v) is 2.48. The molecule has 0 fully saturated rings. The highest BCUT2D eigenvalue weighted by Crippen LogP contribution is 2.34. The fraction of sp³-hybridized carbons (Fsp3) is 0.0714. The van der Waals surface area contributed by atoms with Gasteiger partial charge in [0.25, 0.3) is 0 Å².